The number of urea groups is 1. The van der Waals surface area contributed by atoms with Gasteiger partial charge in [-0.25, -0.2) is 4.79 Å². The number of hydrogen-bond acceptors (Lipinski definition) is 2. The van der Waals surface area contributed by atoms with Crippen molar-refractivity contribution in [3.63, 3.8) is 0 Å². The lowest BCUT2D eigenvalue weighted by atomic mass is 10.1. The molecule has 2 unspecified atom stereocenters. The number of aliphatic carboxylic acids is 1. The van der Waals surface area contributed by atoms with E-state index in [-0.39, 0.29) is 24.5 Å². The lowest BCUT2D eigenvalue weighted by Gasteiger charge is -2.32. The molecule has 104 valence electrons. The number of likely N-dealkylation sites (tertiary alicyclic amines) is 1. The van der Waals surface area contributed by atoms with Crippen molar-refractivity contribution in [2.75, 3.05) is 13.6 Å². The van der Waals surface area contributed by atoms with Crippen LogP contribution >= 0.6 is 0 Å². The highest BCUT2D eigenvalue weighted by Crippen LogP contribution is 2.22. The Morgan fingerprint density at radius 3 is 2.72 bits per heavy atom. The van der Waals surface area contributed by atoms with Crippen LogP contribution in [0.25, 0.3) is 0 Å². The third-order valence-corrected chi connectivity index (χ3v) is 3.70. The number of carboxylic acids is 1. The second-order valence-electron chi connectivity index (χ2n) is 5.12. The lowest BCUT2D eigenvalue weighted by Crippen LogP contribution is -2.47. The molecule has 0 bridgehead atoms. The number of hydrogen-bond donors (Lipinski definition) is 1. The number of carbonyl (C=O) groups excluding carboxylic acids is 1. The molecule has 2 amide bonds. The SMILES string of the molecule is CCCC(C)N(C)C(=O)N1CCCC1CC(=O)O. The van der Waals surface area contributed by atoms with Gasteiger partial charge in [-0.15, -0.1) is 0 Å². The van der Waals surface area contributed by atoms with Crippen LogP contribution in [0.3, 0.4) is 0 Å². The Hall–Kier alpha value is -1.26. The van der Waals surface area contributed by atoms with Crippen LogP contribution < -0.4 is 0 Å². The van der Waals surface area contributed by atoms with Gasteiger partial charge < -0.3 is 14.9 Å². The Morgan fingerprint density at radius 2 is 2.17 bits per heavy atom. The maximum Gasteiger partial charge on any atom is 0.320 e. The van der Waals surface area contributed by atoms with Gasteiger partial charge in [0.25, 0.3) is 0 Å². The number of carbonyl (C=O) groups is 2. The molecule has 1 heterocycles. The van der Waals surface area contributed by atoms with Gasteiger partial charge in [0.05, 0.1) is 6.42 Å². The number of carboxylic acid groups (broad SMARTS) is 1. The van der Waals surface area contributed by atoms with Gasteiger partial charge in [0.15, 0.2) is 0 Å². The molecule has 5 nitrogen and oxygen atoms in total. The van der Waals surface area contributed by atoms with E-state index in [2.05, 4.69) is 6.92 Å². The molecule has 0 aliphatic carbocycles. The molecule has 0 aromatic heterocycles. The largest absolute Gasteiger partial charge is 0.481 e. The van der Waals surface area contributed by atoms with Gasteiger partial charge in [0.2, 0.25) is 0 Å². The van der Waals surface area contributed by atoms with E-state index in [1.54, 1.807) is 16.8 Å². The molecular formula is C13H24N2O3. The second-order valence-corrected chi connectivity index (χ2v) is 5.12. The minimum absolute atomic E-state index is 0.0281. The van der Waals surface area contributed by atoms with Crippen LogP contribution in [0.4, 0.5) is 4.79 Å². The predicted molar refractivity (Wildman–Crippen MR) is 69.5 cm³/mol. The van der Waals surface area contributed by atoms with E-state index in [1.165, 1.54) is 0 Å². The molecule has 2 atom stereocenters. The van der Waals surface area contributed by atoms with Crippen LogP contribution in [0.5, 0.6) is 0 Å². The zero-order chi connectivity index (χ0) is 13.7. The monoisotopic (exact) mass is 256 g/mol. The van der Waals surface area contributed by atoms with Crippen molar-refractivity contribution in [1.82, 2.24) is 9.80 Å². The normalized spacial score (nSPS) is 20.8. The molecule has 1 saturated heterocycles. The molecule has 1 fully saturated rings. The third kappa shape index (κ3) is 3.62. The van der Waals surface area contributed by atoms with Gasteiger partial charge in [-0.3, -0.25) is 4.79 Å². The van der Waals surface area contributed by atoms with Crippen LogP contribution in [0.2, 0.25) is 0 Å². The molecule has 18 heavy (non-hydrogen) atoms. The Morgan fingerprint density at radius 1 is 1.50 bits per heavy atom. The first-order chi connectivity index (χ1) is 8.47. The van der Waals surface area contributed by atoms with Crippen LogP contribution in [-0.4, -0.2) is 52.6 Å². The fourth-order valence-electron chi connectivity index (χ4n) is 2.50. The molecule has 0 spiro atoms. The van der Waals surface area contributed by atoms with Crippen molar-refractivity contribution in [3.8, 4) is 0 Å². The van der Waals surface area contributed by atoms with Crippen molar-refractivity contribution >= 4 is 12.0 Å². The number of amides is 2. The molecule has 0 aromatic carbocycles. The van der Waals surface area contributed by atoms with Crippen molar-refractivity contribution in [2.24, 2.45) is 0 Å². The summed E-state index contributed by atoms with van der Waals surface area (Å²) in [5, 5.41) is 8.85. The maximum absolute atomic E-state index is 12.3. The maximum atomic E-state index is 12.3. The summed E-state index contributed by atoms with van der Waals surface area (Å²) in [5.74, 6) is -0.830. The Bertz CT molecular complexity index is 307. The topological polar surface area (TPSA) is 60.9 Å². The quantitative estimate of drug-likeness (QED) is 0.820. The summed E-state index contributed by atoms with van der Waals surface area (Å²) in [6.07, 6.45) is 3.77. The molecule has 1 aliphatic heterocycles. The first kappa shape index (κ1) is 14.8. The zero-order valence-electron chi connectivity index (χ0n) is 11.6. The Kier molecular flexibility index (Phi) is 5.44. The van der Waals surface area contributed by atoms with Gasteiger partial charge in [0, 0.05) is 25.7 Å². The second kappa shape index (κ2) is 6.61. The molecule has 0 aromatic rings. The van der Waals surface area contributed by atoms with Crippen molar-refractivity contribution in [2.45, 2.75) is 58.0 Å². The third-order valence-electron chi connectivity index (χ3n) is 3.70. The van der Waals surface area contributed by atoms with E-state index in [0.29, 0.717) is 6.54 Å². The molecule has 1 aliphatic rings. The average Bonchev–Trinajstić information content (AvgIpc) is 2.74. The highest BCUT2D eigenvalue weighted by molar-refractivity contribution is 5.76. The summed E-state index contributed by atoms with van der Waals surface area (Å²) >= 11 is 0. The van der Waals surface area contributed by atoms with Crippen LogP contribution in [0.1, 0.15) is 46.0 Å². The van der Waals surface area contributed by atoms with Crippen LogP contribution in [-0.2, 0) is 4.79 Å². The first-order valence-electron chi connectivity index (χ1n) is 6.72. The Labute approximate surface area is 109 Å². The summed E-state index contributed by atoms with van der Waals surface area (Å²) in [5.41, 5.74) is 0. The minimum Gasteiger partial charge on any atom is -0.481 e. The molecule has 1 N–H and O–H groups in total. The van der Waals surface area contributed by atoms with Crippen molar-refractivity contribution in [1.29, 1.82) is 0 Å². The zero-order valence-corrected chi connectivity index (χ0v) is 11.6. The first-order valence-corrected chi connectivity index (χ1v) is 6.72. The lowest BCUT2D eigenvalue weighted by molar-refractivity contribution is -0.138. The van der Waals surface area contributed by atoms with E-state index in [9.17, 15) is 9.59 Å². The molecule has 1 rings (SSSR count). The van der Waals surface area contributed by atoms with E-state index in [0.717, 1.165) is 25.7 Å². The average molecular weight is 256 g/mol. The molecule has 0 radical (unpaired) electrons. The van der Waals surface area contributed by atoms with Gasteiger partial charge >= 0.3 is 12.0 Å². The van der Waals surface area contributed by atoms with Crippen molar-refractivity contribution in [3.05, 3.63) is 0 Å². The van der Waals surface area contributed by atoms with Gasteiger partial charge in [0.1, 0.15) is 0 Å². The fourth-order valence-corrected chi connectivity index (χ4v) is 2.50. The van der Waals surface area contributed by atoms with Crippen molar-refractivity contribution < 1.29 is 14.7 Å². The summed E-state index contributed by atoms with van der Waals surface area (Å²) in [6.45, 7) is 4.81. The van der Waals surface area contributed by atoms with E-state index < -0.39 is 5.97 Å². The number of rotatable bonds is 5. The summed E-state index contributed by atoms with van der Waals surface area (Å²) in [7, 11) is 1.80. The molecule has 5 heteroatoms. The molecule has 0 saturated carbocycles. The van der Waals surface area contributed by atoms with E-state index >= 15 is 0 Å². The minimum atomic E-state index is -0.830. The van der Waals surface area contributed by atoms with Gasteiger partial charge in [-0.1, -0.05) is 13.3 Å². The van der Waals surface area contributed by atoms with E-state index in [4.69, 9.17) is 5.11 Å². The van der Waals surface area contributed by atoms with Crippen LogP contribution in [0, 0.1) is 0 Å². The summed E-state index contributed by atoms with van der Waals surface area (Å²) < 4.78 is 0. The van der Waals surface area contributed by atoms with Gasteiger partial charge in [-0.05, 0) is 26.2 Å². The summed E-state index contributed by atoms with van der Waals surface area (Å²) in [4.78, 5) is 26.6. The predicted octanol–water partition coefficient (Wildman–Crippen LogP) is 2.17. The highest BCUT2D eigenvalue weighted by Gasteiger charge is 2.32. The molecular weight excluding hydrogens is 232 g/mol. The standard InChI is InChI=1S/C13H24N2O3/c1-4-6-10(2)14(3)13(18)15-8-5-7-11(15)9-12(16)17/h10-11H,4-9H2,1-3H3,(H,16,17). The highest BCUT2D eigenvalue weighted by atomic mass is 16.4. The Balaban J connectivity index is 2.61. The fraction of sp³-hybridized carbons (Fsp3) is 0.846. The van der Waals surface area contributed by atoms with E-state index in [1.807, 2.05) is 6.92 Å². The van der Waals surface area contributed by atoms with Gasteiger partial charge in [-0.2, -0.15) is 0 Å². The number of nitrogens with zero attached hydrogens (tertiary/aromatic N) is 2. The van der Waals surface area contributed by atoms with Crippen LogP contribution in [0.15, 0.2) is 0 Å². The smallest absolute Gasteiger partial charge is 0.320 e. The summed E-state index contributed by atoms with van der Waals surface area (Å²) in [6, 6.07) is 0.0413.